The predicted molar refractivity (Wildman–Crippen MR) is 55.2 cm³/mol. The standard InChI is InChI=1S/C11H16NO2/c1-12(2)11(13)8-9-6-4-5-7-10(9)14-3/h4-6,11,13H,8H2,1-3H3. The van der Waals surface area contributed by atoms with Crippen LogP contribution in [-0.2, 0) is 6.42 Å². The van der Waals surface area contributed by atoms with Crippen molar-refractivity contribution in [2.45, 2.75) is 12.6 Å². The molecule has 0 spiro atoms. The SMILES string of the molecule is COc1[c]cccc1CC(O)N(C)C. The Morgan fingerprint density at radius 3 is 2.86 bits per heavy atom. The molecule has 14 heavy (non-hydrogen) atoms. The molecule has 1 atom stereocenters. The number of aliphatic hydroxyl groups is 1. The zero-order chi connectivity index (χ0) is 10.6. The Kier molecular flexibility index (Phi) is 3.92. The van der Waals surface area contributed by atoms with E-state index in [1.807, 2.05) is 26.2 Å². The minimum Gasteiger partial charge on any atom is -0.496 e. The molecule has 0 bridgehead atoms. The molecule has 0 aromatic heterocycles. The van der Waals surface area contributed by atoms with Crippen molar-refractivity contribution in [1.29, 1.82) is 0 Å². The summed E-state index contributed by atoms with van der Waals surface area (Å²) in [6.45, 7) is 0. The molecule has 0 fully saturated rings. The van der Waals surface area contributed by atoms with E-state index in [2.05, 4.69) is 6.07 Å². The third-order valence-corrected chi connectivity index (χ3v) is 2.10. The van der Waals surface area contributed by atoms with E-state index < -0.39 is 6.23 Å². The van der Waals surface area contributed by atoms with Gasteiger partial charge in [0.2, 0.25) is 0 Å². The van der Waals surface area contributed by atoms with E-state index in [0.717, 1.165) is 5.56 Å². The first-order valence-corrected chi connectivity index (χ1v) is 4.53. The molecule has 1 rings (SSSR count). The summed E-state index contributed by atoms with van der Waals surface area (Å²) < 4.78 is 5.14. The second-order valence-corrected chi connectivity index (χ2v) is 3.38. The maximum absolute atomic E-state index is 9.66. The van der Waals surface area contributed by atoms with Crippen molar-refractivity contribution in [1.82, 2.24) is 4.90 Å². The van der Waals surface area contributed by atoms with Gasteiger partial charge in [0.1, 0.15) is 12.0 Å². The van der Waals surface area contributed by atoms with Gasteiger partial charge in [-0.15, -0.1) is 0 Å². The molecule has 0 saturated heterocycles. The van der Waals surface area contributed by atoms with Crippen LogP contribution in [0.4, 0.5) is 0 Å². The Morgan fingerprint density at radius 1 is 1.57 bits per heavy atom. The zero-order valence-corrected chi connectivity index (χ0v) is 8.82. The van der Waals surface area contributed by atoms with E-state index in [-0.39, 0.29) is 0 Å². The number of aliphatic hydroxyl groups excluding tert-OH is 1. The lowest BCUT2D eigenvalue weighted by Crippen LogP contribution is -2.29. The van der Waals surface area contributed by atoms with Crippen LogP contribution in [0.1, 0.15) is 5.56 Å². The number of ether oxygens (including phenoxy) is 1. The van der Waals surface area contributed by atoms with Gasteiger partial charge in [-0.1, -0.05) is 18.2 Å². The third-order valence-electron chi connectivity index (χ3n) is 2.10. The van der Waals surface area contributed by atoms with E-state index in [1.165, 1.54) is 0 Å². The van der Waals surface area contributed by atoms with Gasteiger partial charge in [0.25, 0.3) is 0 Å². The van der Waals surface area contributed by atoms with E-state index in [4.69, 9.17) is 4.74 Å². The predicted octanol–water partition coefficient (Wildman–Crippen LogP) is 0.918. The fraction of sp³-hybridized carbons (Fsp3) is 0.455. The summed E-state index contributed by atoms with van der Waals surface area (Å²) in [5.74, 6) is 0.702. The molecule has 0 heterocycles. The zero-order valence-electron chi connectivity index (χ0n) is 8.82. The van der Waals surface area contributed by atoms with Gasteiger partial charge in [-0.05, 0) is 19.7 Å². The molecule has 0 aliphatic heterocycles. The van der Waals surface area contributed by atoms with E-state index in [1.54, 1.807) is 18.1 Å². The highest BCUT2D eigenvalue weighted by Crippen LogP contribution is 2.18. The van der Waals surface area contributed by atoms with Crippen LogP contribution in [0.5, 0.6) is 5.75 Å². The third kappa shape index (κ3) is 2.72. The average Bonchev–Trinajstić information content (AvgIpc) is 2.18. The number of hydrogen-bond donors (Lipinski definition) is 1. The summed E-state index contributed by atoms with van der Waals surface area (Å²) in [5, 5.41) is 9.66. The number of likely N-dealkylation sites (N-methyl/N-ethyl adjacent to an activating group) is 1. The lowest BCUT2D eigenvalue weighted by molar-refractivity contribution is 0.0408. The quantitative estimate of drug-likeness (QED) is 0.723. The van der Waals surface area contributed by atoms with Crippen molar-refractivity contribution < 1.29 is 9.84 Å². The Morgan fingerprint density at radius 2 is 2.29 bits per heavy atom. The molecule has 0 amide bonds. The molecule has 1 aromatic rings. The van der Waals surface area contributed by atoms with Crippen LogP contribution < -0.4 is 4.74 Å². The number of benzene rings is 1. The molecule has 1 N–H and O–H groups in total. The largest absolute Gasteiger partial charge is 0.496 e. The highest BCUT2D eigenvalue weighted by atomic mass is 16.5. The fourth-order valence-electron chi connectivity index (χ4n) is 1.19. The van der Waals surface area contributed by atoms with Crippen LogP contribution in [0, 0.1) is 6.07 Å². The number of hydrogen-bond acceptors (Lipinski definition) is 3. The van der Waals surface area contributed by atoms with Crippen LogP contribution in [-0.4, -0.2) is 37.4 Å². The van der Waals surface area contributed by atoms with Crippen molar-refractivity contribution in [3.05, 3.63) is 29.8 Å². The molecule has 0 aliphatic carbocycles. The topological polar surface area (TPSA) is 32.7 Å². The van der Waals surface area contributed by atoms with Gasteiger partial charge in [0.05, 0.1) is 7.11 Å². The van der Waals surface area contributed by atoms with Gasteiger partial charge in [-0.2, -0.15) is 0 Å². The maximum atomic E-state index is 9.66. The first-order valence-electron chi connectivity index (χ1n) is 4.53. The van der Waals surface area contributed by atoms with Gasteiger partial charge in [0.15, 0.2) is 0 Å². The lowest BCUT2D eigenvalue weighted by atomic mass is 10.1. The minimum absolute atomic E-state index is 0.486. The first kappa shape index (κ1) is 11.0. The van der Waals surface area contributed by atoms with Gasteiger partial charge in [-0.25, -0.2) is 0 Å². The van der Waals surface area contributed by atoms with Crippen molar-refractivity contribution in [3.8, 4) is 5.75 Å². The average molecular weight is 194 g/mol. The Balaban J connectivity index is 2.75. The fourth-order valence-corrected chi connectivity index (χ4v) is 1.19. The molecular formula is C11H16NO2. The highest BCUT2D eigenvalue weighted by molar-refractivity contribution is 5.32. The summed E-state index contributed by atoms with van der Waals surface area (Å²) in [7, 11) is 5.28. The Labute approximate surface area is 84.9 Å². The van der Waals surface area contributed by atoms with Crippen molar-refractivity contribution >= 4 is 0 Å². The van der Waals surface area contributed by atoms with Crippen molar-refractivity contribution in [2.24, 2.45) is 0 Å². The number of rotatable bonds is 4. The van der Waals surface area contributed by atoms with Gasteiger partial charge in [-0.3, -0.25) is 4.90 Å². The summed E-state index contributed by atoms with van der Waals surface area (Å²) >= 11 is 0. The summed E-state index contributed by atoms with van der Waals surface area (Å²) in [4.78, 5) is 1.76. The Bertz CT molecular complexity index is 286. The lowest BCUT2D eigenvalue weighted by Gasteiger charge is -2.19. The summed E-state index contributed by atoms with van der Waals surface area (Å²) in [6.07, 6.45) is 0.0627. The molecule has 1 radical (unpaired) electrons. The molecule has 1 aromatic carbocycles. The molecule has 0 aliphatic rings. The van der Waals surface area contributed by atoms with Crippen LogP contribution in [0.3, 0.4) is 0 Å². The van der Waals surface area contributed by atoms with E-state index in [9.17, 15) is 5.11 Å². The molecule has 3 nitrogen and oxygen atoms in total. The van der Waals surface area contributed by atoms with Crippen LogP contribution in [0.2, 0.25) is 0 Å². The molecular weight excluding hydrogens is 178 g/mol. The second-order valence-electron chi connectivity index (χ2n) is 3.38. The first-order chi connectivity index (χ1) is 6.65. The van der Waals surface area contributed by atoms with Gasteiger partial charge >= 0.3 is 0 Å². The van der Waals surface area contributed by atoms with Crippen molar-refractivity contribution in [3.63, 3.8) is 0 Å². The monoisotopic (exact) mass is 194 g/mol. The summed E-state index contributed by atoms with van der Waals surface area (Å²) in [6, 6.07) is 8.60. The smallest absolute Gasteiger partial charge is 0.130 e. The van der Waals surface area contributed by atoms with E-state index >= 15 is 0 Å². The summed E-state index contributed by atoms with van der Waals surface area (Å²) in [5.41, 5.74) is 0.969. The maximum Gasteiger partial charge on any atom is 0.130 e. The van der Waals surface area contributed by atoms with Crippen LogP contribution in [0.25, 0.3) is 0 Å². The molecule has 0 saturated carbocycles. The number of para-hydroxylation sites is 1. The molecule has 77 valence electrons. The van der Waals surface area contributed by atoms with Gasteiger partial charge < -0.3 is 9.84 Å². The molecule has 3 heteroatoms. The molecule has 1 unspecified atom stereocenters. The van der Waals surface area contributed by atoms with Crippen LogP contribution >= 0.6 is 0 Å². The normalized spacial score (nSPS) is 12.9. The minimum atomic E-state index is -0.486. The van der Waals surface area contributed by atoms with Crippen molar-refractivity contribution in [2.75, 3.05) is 21.2 Å². The highest BCUT2D eigenvalue weighted by Gasteiger charge is 2.10. The number of nitrogens with zero attached hydrogens (tertiary/aromatic N) is 1. The Hall–Kier alpha value is -1.06. The van der Waals surface area contributed by atoms with Gasteiger partial charge in [0, 0.05) is 12.5 Å². The van der Waals surface area contributed by atoms with Crippen LogP contribution in [0.15, 0.2) is 18.2 Å². The second kappa shape index (κ2) is 4.98. The van der Waals surface area contributed by atoms with E-state index in [0.29, 0.717) is 12.2 Å². The number of methoxy groups -OCH3 is 1.